The van der Waals surface area contributed by atoms with E-state index in [1.807, 2.05) is 25.7 Å². The molecule has 0 aromatic carbocycles. The zero-order valence-electron chi connectivity index (χ0n) is 13.0. The van der Waals surface area contributed by atoms with Crippen LogP contribution in [0, 0.1) is 23.7 Å². The van der Waals surface area contributed by atoms with Gasteiger partial charge in [0.05, 0.1) is 0 Å². The van der Waals surface area contributed by atoms with Crippen LogP contribution in [0.3, 0.4) is 0 Å². The number of nitrogens with zero attached hydrogens (tertiary/aromatic N) is 1. The van der Waals surface area contributed by atoms with E-state index in [0.29, 0.717) is 5.92 Å². The van der Waals surface area contributed by atoms with Crippen molar-refractivity contribution in [1.29, 1.82) is 0 Å². The molecule has 0 spiro atoms. The van der Waals surface area contributed by atoms with Gasteiger partial charge in [0.1, 0.15) is 5.60 Å². The number of hydrogen-bond donors (Lipinski definition) is 1. The van der Waals surface area contributed by atoms with Gasteiger partial charge in [-0.05, 0) is 76.8 Å². The lowest BCUT2D eigenvalue weighted by Gasteiger charge is -2.25. The summed E-state index contributed by atoms with van der Waals surface area (Å²) < 4.78 is 5.48. The minimum absolute atomic E-state index is 0.125. The van der Waals surface area contributed by atoms with E-state index in [4.69, 9.17) is 4.74 Å². The number of carbonyl (C=O) groups excluding carboxylic acids is 1. The Labute approximate surface area is 122 Å². The molecule has 3 atom stereocenters. The molecule has 4 nitrogen and oxygen atoms in total. The van der Waals surface area contributed by atoms with E-state index < -0.39 is 0 Å². The minimum Gasteiger partial charge on any atom is -0.444 e. The minimum atomic E-state index is -0.384. The molecule has 1 aliphatic carbocycles. The van der Waals surface area contributed by atoms with Gasteiger partial charge in [-0.2, -0.15) is 0 Å². The molecular weight excluding hydrogens is 252 g/mol. The fourth-order valence-electron chi connectivity index (χ4n) is 4.26. The molecule has 0 aromatic heterocycles. The van der Waals surface area contributed by atoms with Gasteiger partial charge in [-0.25, -0.2) is 4.79 Å². The standard InChI is InChI=1S/C16H28N2O2/c1-16(2,3)20-15(19)18-5-4-11(10-18)12-6-13-8-17-9-14(13)7-12/h11-14,17H,4-10H2,1-3H3. The third-order valence-corrected chi connectivity index (χ3v) is 5.23. The van der Waals surface area contributed by atoms with E-state index in [1.54, 1.807) is 0 Å². The fraction of sp³-hybridized carbons (Fsp3) is 0.938. The van der Waals surface area contributed by atoms with E-state index in [2.05, 4.69) is 5.32 Å². The first-order valence-corrected chi connectivity index (χ1v) is 8.11. The van der Waals surface area contributed by atoms with Crippen LogP contribution in [-0.2, 0) is 4.74 Å². The van der Waals surface area contributed by atoms with Gasteiger partial charge in [-0.1, -0.05) is 0 Å². The summed E-state index contributed by atoms with van der Waals surface area (Å²) in [6.45, 7) is 10.0. The largest absolute Gasteiger partial charge is 0.444 e. The van der Waals surface area contributed by atoms with Crippen molar-refractivity contribution in [3.05, 3.63) is 0 Å². The molecule has 3 unspecified atom stereocenters. The van der Waals surface area contributed by atoms with Crippen molar-refractivity contribution < 1.29 is 9.53 Å². The van der Waals surface area contributed by atoms with Gasteiger partial charge in [0.2, 0.25) is 0 Å². The Balaban J connectivity index is 1.51. The van der Waals surface area contributed by atoms with E-state index >= 15 is 0 Å². The summed E-state index contributed by atoms with van der Waals surface area (Å²) in [6, 6.07) is 0. The summed E-state index contributed by atoms with van der Waals surface area (Å²) >= 11 is 0. The Kier molecular flexibility index (Phi) is 3.69. The summed E-state index contributed by atoms with van der Waals surface area (Å²) in [7, 11) is 0. The van der Waals surface area contributed by atoms with Gasteiger partial charge in [-0.3, -0.25) is 0 Å². The van der Waals surface area contributed by atoms with Crippen molar-refractivity contribution in [2.75, 3.05) is 26.2 Å². The molecule has 0 aromatic rings. The molecule has 3 fully saturated rings. The second-order valence-corrected chi connectivity index (χ2v) is 7.89. The zero-order valence-corrected chi connectivity index (χ0v) is 13.0. The topological polar surface area (TPSA) is 41.6 Å². The average Bonchev–Trinajstić information content (AvgIpc) is 3.01. The fourth-order valence-corrected chi connectivity index (χ4v) is 4.26. The molecule has 1 saturated carbocycles. The number of nitrogens with one attached hydrogen (secondary N) is 1. The maximum absolute atomic E-state index is 12.1. The molecular formula is C16H28N2O2. The average molecular weight is 280 g/mol. The first kappa shape index (κ1) is 14.2. The third-order valence-electron chi connectivity index (χ3n) is 5.23. The van der Waals surface area contributed by atoms with Crippen molar-refractivity contribution in [3.8, 4) is 0 Å². The number of rotatable bonds is 1. The summed E-state index contributed by atoms with van der Waals surface area (Å²) in [5, 5.41) is 3.50. The van der Waals surface area contributed by atoms with Gasteiger partial charge < -0.3 is 15.0 Å². The highest BCUT2D eigenvalue weighted by Crippen LogP contribution is 2.44. The molecule has 3 aliphatic rings. The van der Waals surface area contributed by atoms with Gasteiger partial charge in [0.25, 0.3) is 0 Å². The molecule has 4 heteroatoms. The van der Waals surface area contributed by atoms with E-state index in [1.165, 1.54) is 25.9 Å². The smallest absolute Gasteiger partial charge is 0.410 e. The van der Waals surface area contributed by atoms with Crippen LogP contribution in [0.25, 0.3) is 0 Å². The molecule has 2 heterocycles. The van der Waals surface area contributed by atoms with Gasteiger partial charge in [0.15, 0.2) is 0 Å². The van der Waals surface area contributed by atoms with E-state index in [9.17, 15) is 4.79 Å². The molecule has 2 saturated heterocycles. The van der Waals surface area contributed by atoms with E-state index in [0.717, 1.165) is 37.3 Å². The molecule has 1 N–H and O–H groups in total. The van der Waals surface area contributed by atoms with Crippen LogP contribution < -0.4 is 5.32 Å². The Morgan fingerprint density at radius 1 is 1.10 bits per heavy atom. The van der Waals surface area contributed by atoms with Crippen LogP contribution >= 0.6 is 0 Å². The Hall–Kier alpha value is -0.770. The van der Waals surface area contributed by atoms with Gasteiger partial charge >= 0.3 is 6.09 Å². The number of likely N-dealkylation sites (tertiary alicyclic amines) is 1. The van der Waals surface area contributed by atoms with Crippen LogP contribution in [-0.4, -0.2) is 42.8 Å². The lowest BCUT2D eigenvalue weighted by Crippen LogP contribution is -2.35. The highest BCUT2D eigenvalue weighted by Gasteiger charge is 2.42. The number of fused-ring (bicyclic) bond motifs is 1. The highest BCUT2D eigenvalue weighted by molar-refractivity contribution is 5.68. The van der Waals surface area contributed by atoms with Crippen molar-refractivity contribution in [2.45, 2.75) is 45.6 Å². The Morgan fingerprint density at radius 2 is 1.75 bits per heavy atom. The second kappa shape index (κ2) is 5.21. The molecule has 2 aliphatic heterocycles. The molecule has 3 rings (SSSR count). The summed E-state index contributed by atoms with van der Waals surface area (Å²) in [6.07, 6.45) is 3.77. The number of ether oxygens (including phenoxy) is 1. The van der Waals surface area contributed by atoms with E-state index in [-0.39, 0.29) is 11.7 Å². The second-order valence-electron chi connectivity index (χ2n) is 7.89. The lowest BCUT2D eigenvalue weighted by atomic mass is 9.89. The van der Waals surface area contributed by atoms with Crippen LogP contribution in [0.1, 0.15) is 40.0 Å². The Bertz CT molecular complexity index is 365. The lowest BCUT2D eigenvalue weighted by molar-refractivity contribution is 0.0283. The SMILES string of the molecule is CC(C)(C)OC(=O)N1CCC(C2CC3CNCC3C2)C1. The molecule has 0 bridgehead atoms. The van der Waals surface area contributed by atoms with Crippen molar-refractivity contribution in [3.63, 3.8) is 0 Å². The van der Waals surface area contributed by atoms with Crippen LogP contribution in [0.15, 0.2) is 0 Å². The first-order valence-electron chi connectivity index (χ1n) is 8.11. The quantitative estimate of drug-likeness (QED) is 0.802. The van der Waals surface area contributed by atoms with Gasteiger partial charge in [-0.15, -0.1) is 0 Å². The summed E-state index contributed by atoms with van der Waals surface area (Å²) in [5.41, 5.74) is -0.384. The zero-order chi connectivity index (χ0) is 14.3. The number of carbonyl (C=O) groups is 1. The van der Waals surface area contributed by atoms with Crippen LogP contribution in [0.2, 0.25) is 0 Å². The number of amides is 1. The summed E-state index contributed by atoms with van der Waals surface area (Å²) in [5.74, 6) is 3.33. The van der Waals surface area contributed by atoms with Crippen LogP contribution in [0.5, 0.6) is 0 Å². The van der Waals surface area contributed by atoms with Crippen molar-refractivity contribution in [1.82, 2.24) is 10.2 Å². The molecule has 114 valence electrons. The predicted molar refractivity (Wildman–Crippen MR) is 78.5 cm³/mol. The maximum Gasteiger partial charge on any atom is 0.410 e. The van der Waals surface area contributed by atoms with Crippen LogP contribution in [0.4, 0.5) is 4.79 Å². The molecule has 20 heavy (non-hydrogen) atoms. The predicted octanol–water partition coefficient (Wildman–Crippen LogP) is 2.49. The maximum atomic E-state index is 12.1. The van der Waals surface area contributed by atoms with Gasteiger partial charge in [0, 0.05) is 13.1 Å². The first-order chi connectivity index (χ1) is 9.42. The molecule has 0 radical (unpaired) electrons. The Morgan fingerprint density at radius 3 is 2.35 bits per heavy atom. The van der Waals surface area contributed by atoms with Crippen molar-refractivity contribution in [2.24, 2.45) is 23.7 Å². The summed E-state index contributed by atoms with van der Waals surface area (Å²) in [4.78, 5) is 14.0. The monoisotopic (exact) mass is 280 g/mol. The third kappa shape index (κ3) is 2.95. The normalized spacial score (nSPS) is 37.2. The number of hydrogen-bond acceptors (Lipinski definition) is 3. The van der Waals surface area contributed by atoms with Crippen molar-refractivity contribution >= 4 is 6.09 Å². The molecule has 1 amide bonds. The highest BCUT2D eigenvalue weighted by atomic mass is 16.6.